The minimum atomic E-state index is -2.20. The van der Waals surface area contributed by atoms with E-state index in [-0.39, 0.29) is 12.6 Å². The third kappa shape index (κ3) is 10.2. The van der Waals surface area contributed by atoms with Crippen LogP contribution in [-0.4, -0.2) is 37.2 Å². The predicted octanol–water partition coefficient (Wildman–Crippen LogP) is 6.33. The van der Waals surface area contributed by atoms with Crippen LogP contribution in [0.15, 0.2) is 0 Å². The highest BCUT2D eigenvalue weighted by Gasteiger charge is 2.39. The first-order valence-electron chi connectivity index (χ1n) is 12.3. The van der Waals surface area contributed by atoms with Crippen molar-refractivity contribution in [1.82, 2.24) is 5.32 Å². The van der Waals surface area contributed by atoms with E-state index < -0.39 is 31.4 Å². The zero-order valence-electron chi connectivity index (χ0n) is 20.4. The second kappa shape index (κ2) is 13.5. The summed E-state index contributed by atoms with van der Waals surface area (Å²) in [6, 6.07) is 0. The molecule has 8 heteroatoms. The lowest BCUT2D eigenvalue weighted by Gasteiger charge is -2.24. The summed E-state index contributed by atoms with van der Waals surface area (Å²) in [4.78, 5) is 24.6. The average Bonchev–Trinajstić information content (AvgIpc) is 3.25. The van der Waals surface area contributed by atoms with Gasteiger partial charge in [-0.1, -0.05) is 57.8 Å². The first-order chi connectivity index (χ1) is 15.2. The number of rotatable bonds is 11. The Bertz CT molecular complexity index is 608. The van der Waals surface area contributed by atoms with E-state index in [2.05, 4.69) is 5.32 Å². The molecule has 0 radical (unpaired) electrons. The van der Waals surface area contributed by atoms with Crippen LogP contribution in [0.2, 0.25) is 0 Å². The van der Waals surface area contributed by atoms with Gasteiger partial charge in [-0.3, -0.25) is 10.1 Å². The Morgan fingerprint density at radius 1 is 1.00 bits per heavy atom. The second-order valence-electron chi connectivity index (χ2n) is 10.4. The fourth-order valence-electron chi connectivity index (χ4n) is 4.81. The van der Waals surface area contributed by atoms with E-state index in [0.29, 0.717) is 24.7 Å². The van der Waals surface area contributed by atoms with Crippen LogP contribution in [-0.2, 0) is 23.4 Å². The smallest absolute Gasteiger partial charge is 0.469 e. The second-order valence-corrected chi connectivity index (χ2v) is 11.9. The van der Waals surface area contributed by atoms with Crippen molar-refractivity contribution in [2.75, 3.05) is 13.7 Å². The Balaban J connectivity index is 1.94. The zero-order valence-corrected chi connectivity index (χ0v) is 21.3. The summed E-state index contributed by atoms with van der Waals surface area (Å²) in [6.07, 6.45) is 12.3. The van der Waals surface area contributed by atoms with Crippen molar-refractivity contribution in [3.05, 3.63) is 0 Å². The van der Waals surface area contributed by atoms with Crippen molar-refractivity contribution in [2.24, 2.45) is 17.8 Å². The van der Waals surface area contributed by atoms with E-state index in [0.717, 1.165) is 32.1 Å². The van der Waals surface area contributed by atoms with E-state index in [1.807, 2.05) is 0 Å². The molecule has 0 spiro atoms. The molecule has 0 aliphatic heterocycles. The Morgan fingerprint density at radius 2 is 1.59 bits per heavy atom. The number of esters is 1. The van der Waals surface area contributed by atoms with Crippen LogP contribution in [0.1, 0.15) is 97.8 Å². The Morgan fingerprint density at radius 3 is 2.19 bits per heavy atom. The zero-order chi connectivity index (χ0) is 23.6. The Labute approximate surface area is 194 Å². The quantitative estimate of drug-likeness (QED) is 0.279. The first-order valence-corrected chi connectivity index (χ1v) is 13.6. The van der Waals surface area contributed by atoms with Gasteiger partial charge in [0.15, 0.2) is 0 Å². The molecule has 2 aliphatic carbocycles. The highest BCUT2D eigenvalue weighted by atomic mass is 31.1. The lowest BCUT2D eigenvalue weighted by Crippen LogP contribution is -2.39. The van der Waals surface area contributed by atoms with E-state index in [4.69, 9.17) is 14.0 Å². The van der Waals surface area contributed by atoms with Crippen LogP contribution < -0.4 is 5.32 Å². The standard InChI is InChI=1S/C24H42NO6P/c1-24(2,3)31-23(27)25-21(16-19-12-6-5-7-13-19)32(28)30-17-20(22(26)29-4)15-14-18-10-8-9-11-18/h18-21H,5-17H2,1-4H3/p+1. The molecular weight excluding hydrogens is 429 g/mol. The number of hydrogen-bond donors (Lipinski definition) is 1. The molecule has 0 saturated heterocycles. The molecule has 184 valence electrons. The van der Waals surface area contributed by atoms with Crippen molar-refractivity contribution in [3.8, 4) is 0 Å². The van der Waals surface area contributed by atoms with E-state index in [1.165, 1.54) is 39.2 Å². The van der Waals surface area contributed by atoms with Gasteiger partial charge in [0.05, 0.1) is 13.0 Å². The number of carbonyl (C=O) groups is 2. The molecule has 2 aliphatic rings. The molecule has 1 N–H and O–H groups in total. The SMILES string of the molecule is COC(=O)C(CCC1CCCC1)CO[P+](=O)C(CC1CCCCC1)NC(=O)OC(C)(C)C. The molecule has 7 nitrogen and oxygen atoms in total. The van der Waals surface area contributed by atoms with Gasteiger partial charge in [-0.25, -0.2) is 4.79 Å². The van der Waals surface area contributed by atoms with Crippen LogP contribution in [0.5, 0.6) is 0 Å². The highest BCUT2D eigenvalue weighted by Crippen LogP contribution is 2.38. The fourth-order valence-corrected chi connectivity index (χ4v) is 5.99. The van der Waals surface area contributed by atoms with Crippen molar-refractivity contribution in [2.45, 2.75) is 109 Å². The van der Waals surface area contributed by atoms with Crippen molar-refractivity contribution in [1.29, 1.82) is 0 Å². The number of alkyl carbamates (subject to hydrolysis) is 1. The topological polar surface area (TPSA) is 90.9 Å². The van der Waals surface area contributed by atoms with Crippen LogP contribution >= 0.6 is 8.03 Å². The molecule has 0 aromatic rings. The molecule has 0 bridgehead atoms. The normalized spacial score (nSPS) is 20.4. The van der Waals surface area contributed by atoms with Crippen LogP contribution in [0.25, 0.3) is 0 Å². The lowest BCUT2D eigenvalue weighted by molar-refractivity contribution is -0.146. The van der Waals surface area contributed by atoms with Gasteiger partial charge in [0.1, 0.15) is 12.2 Å². The molecule has 3 atom stereocenters. The number of methoxy groups -OCH3 is 1. The number of carbonyl (C=O) groups excluding carboxylic acids is 2. The van der Waals surface area contributed by atoms with Crippen LogP contribution in [0, 0.1) is 17.8 Å². The number of amides is 1. The molecule has 2 saturated carbocycles. The summed E-state index contributed by atoms with van der Waals surface area (Å²) in [7, 11) is -0.820. The van der Waals surface area contributed by atoms with Crippen molar-refractivity contribution < 1.29 is 28.2 Å². The Hall–Kier alpha value is -1.20. The van der Waals surface area contributed by atoms with Crippen LogP contribution in [0.4, 0.5) is 4.79 Å². The lowest BCUT2D eigenvalue weighted by atomic mass is 9.87. The number of ether oxygens (including phenoxy) is 2. The van der Waals surface area contributed by atoms with Gasteiger partial charge >= 0.3 is 20.1 Å². The molecule has 32 heavy (non-hydrogen) atoms. The largest absolute Gasteiger partial charge is 0.533 e. The van der Waals surface area contributed by atoms with E-state index in [9.17, 15) is 14.2 Å². The summed E-state index contributed by atoms with van der Waals surface area (Å²) in [6.45, 7) is 5.44. The molecule has 2 rings (SSSR count). The van der Waals surface area contributed by atoms with Crippen LogP contribution in [0.3, 0.4) is 0 Å². The molecule has 1 amide bonds. The predicted molar refractivity (Wildman–Crippen MR) is 125 cm³/mol. The molecule has 0 aromatic carbocycles. The third-order valence-electron chi connectivity index (χ3n) is 6.55. The molecular formula is C24H43NO6P+. The van der Waals surface area contributed by atoms with Gasteiger partial charge in [0.25, 0.3) is 5.78 Å². The highest BCUT2D eigenvalue weighted by molar-refractivity contribution is 7.40. The van der Waals surface area contributed by atoms with Gasteiger partial charge in [-0.15, -0.1) is 4.52 Å². The molecule has 0 heterocycles. The average molecular weight is 473 g/mol. The molecule has 0 aromatic heterocycles. The summed E-state index contributed by atoms with van der Waals surface area (Å²) < 4.78 is 29.1. The molecule has 3 unspecified atom stereocenters. The summed E-state index contributed by atoms with van der Waals surface area (Å²) in [5.74, 6) is -0.323. The number of nitrogens with one attached hydrogen (secondary N) is 1. The first kappa shape index (κ1) is 27.0. The van der Waals surface area contributed by atoms with Gasteiger partial charge in [0.2, 0.25) is 0 Å². The summed E-state index contributed by atoms with van der Waals surface area (Å²) >= 11 is 0. The molecule has 2 fully saturated rings. The van der Waals surface area contributed by atoms with Gasteiger partial charge in [0, 0.05) is 6.42 Å². The van der Waals surface area contributed by atoms with E-state index >= 15 is 0 Å². The fraction of sp³-hybridized carbons (Fsp3) is 0.917. The monoisotopic (exact) mass is 472 g/mol. The Kier molecular flexibility index (Phi) is 11.4. The minimum absolute atomic E-state index is 0.0474. The van der Waals surface area contributed by atoms with Gasteiger partial charge in [-0.05, 0) is 50.0 Å². The van der Waals surface area contributed by atoms with Crippen molar-refractivity contribution in [3.63, 3.8) is 0 Å². The van der Waals surface area contributed by atoms with Crippen molar-refractivity contribution >= 4 is 20.1 Å². The van der Waals surface area contributed by atoms with Gasteiger partial charge in [-0.2, -0.15) is 0 Å². The maximum atomic E-state index is 13.1. The maximum Gasteiger partial charge on any atom is 0.533 e. The summed E-state index contributed by atoms with van der Waals surface area (Å²) in [5, 5.41) is 2.78. The summed E-state index contributed by atoms with van der Waals surface area (Å²) in [5.41, 5.74) is -0.637. The number of hydrogen-bond acceptors (Lipinski definition) is 6. The van der Waals surface area contributed by atoms with Gasteiger partial charge < -0.3 is 9.47 Å². The third-order valence-corrected chi connectivity index (χ3v) is 7.81. The minimum Gasteiger partial charge on any atom is -0.469 e. The van der Waals surface area contributed by atoms with E-state index in [1.54, 1.807) is 20.8 Å². The maximum absolute atomic E-state index is 13.1.